The van der Waals surface area contributed by atoms with Crippen molar-refractivity contribution < 1.29 is 4.74 Å². The van der Waals surface area contributed by atoms with E-state index in [0.29, 0.717) is 6.04 Å². The second-order valence-electron chi connectivity index (χ2n) is 5.18. The molecule has 2 heteroatoms. The number of ether oxygens (including phenoxy) is 1. The van der Waals surface area contributed by atoms with Crippen LogP contribution in [0.3, 0.4) is 0 Å². The number of methoxy groups -OCH3 is 1. The predicted octanol–water partition coefficient (Wildman–Crippen LogP) is 3.15. The minimum absolute atomic E-state index is 0.449. The number of benzene rings is 1. The third kappa shape index (κ3) is 3.74. The minimum Gasteiger partial charge on any atom is -0.497 e. The highest BCUT2D eigenvalue weighted by Gasteiger charge is 2.18. The zero-order valence-electron chi connectivity index (χ0n) is 10.7. The maximum absolute atomic E-state index is 6.02. The van der Waals surface area contributed by atoms with Crippen LogP contribution in [0.5, 0.6) is 5.75 Å². The van der Waals surface area contributed by atoms with Crippen molar-refractivity contribution in [2.45, 2.75) is 44.6 Å². The lowest BCUT2D eigenvalue weighted by Gasteiger charge is -2.26. The van der Waals surface area contributed by atoms with Gasteiger partial charge >= 0.3 is 0 Å². The molecule has 2 atom stereocenters. The van der Waals surface area contributed by atoms with Crippen LogP contribution in [0.15, 0.2) is 24.3 Å². The molecule has 0 saturated heterocycles. The van der Waals surface area contributed by atoms with Crippen molar-refractivity contribution in [3.8, 4) is 5.75 Å². The smallest absolute Gasteiger partial charge is 0.118 e. The van der Waals surface area contributed by atoms with Gasteiger partial charge in [-0.25, -0.2) is 0 Å². The molecule has 1 saturated carbocycles. The third-order valence-electron chi connectivity index (χ3n) is 3.82. The number of hydrogen-bond donors (Lipinski definition) is 1. The van der Waals surface area contributed by atoms with Gasteiger partial charge in [0.25, 0.3) is 0 Å². The summed E-state index contributed by atoms with van der Waals surface area (Å²) >= 11 is 0. The fourth-order valence-electron chi connectivity index (χ4n) is 2.76. The van der Waals surface area contributed by atoms with E-state index in [4.69, 9.17) is 10.5 Å². The van der Waals surface area contributed by atoms with E-state index in [2.05, 4.69) is 12.1 Å². The Hall–Kier alpha value is -1.02. The molecule has 0 heterocycles. The molecule has 0 aromatic heterocycles. The lowest BCUT2D eigenvalue weighted by atomic mass is 9.83. The van der Waals surface area contributed by atoms with Crippen molar-refractivity contribution in [2.75, 3.05) is 7.11 Å². The van der Waals surface area contributed by atoms with E-state index in [-0.39, 0.29) is 0 Å². The maximum atomic E-state index is 6.02. The molecule has 0 aliphatic heterocycles. The highest BCUT2D eigenvalue weighted by molar-refractivity contribution is 5.27. The Morgan fingerprint density at radius 2 is 2.00 bits per heavy atom. The highest BCUT2D eigenvalue weighted by Crippen LogP contribution is 2.27. The fourth-order valence-corrected chi connectivity index (χ4v) is 2.76. The molecule has 2 N–H and O–H groups in total. The van der Waals surface area contributed by atoms with Gasteiger partial charge in [-0.1, -0.05) is 25.0 Å². The molecule has 0 radical (unpaired) electrons. The summed E-state index contributed by atoms with van der Waals surface area (Å²) in [7, 11) is 1.71. The van der Waals surface area contributed by atoms with Crippen molar-refractivity contribution in [3.63, 3.8) is 0 Å². The lowest BCUT2D eigenvalue weighted by molar-refractivity contribution is 0.307. The standard InChI is InChI=1S/C15H23NO/c1-17-15-9-7-12(8-10-15)5-6-13-3-2-4-14(16)11-13/h7-10,13-14H,2-6,11,16H2,1H3. The molecule has 2 unspecified atom stereocenters. The Morgan fingerprint density at radius 3 is 2.65 bits per heavy atom. The molecule has 0 spiro atoms. The van der Waals surface area contributed by atoms with Crippen LogP contribution in [0, 0.1) is 5.92 Å². The quantitative estimate of drug-likeness (QED) is 0.867. The van der Waals surface area contributed by atoms with Crippen LogP contribution in [0.25, 0.3) is 0 Å². The lowest BCUT2D eigenvalue weighted by Crippen LogP contribution is -2.27. The van der Waals surface area contributed by atoms with Crippen LogP contribution in [0.2, 0.25) is 0 Å². The summed E-state index contributed by atoms with van der Waals surface area (Å²) < 4.78 is 5.16. The van der Waals surface area contributed by atoms with Crippen LogP contribution < -0.4 is 10.5 Å². The Morgan fingerprint density at radius 1 is 1.24 bits per heavy atom. The summed E-state index contributed by atoms with van der Waals surface area (Å²) in [6.45, 7) is 0. The SMILES string of the molecule is COc1ccc(CCC2CCCC(N)C2)cc1. The van der Waals surface area contributed by atoms with Crippen molar-refractivity contribution in [1.82, 2.24) is 0 Å². The second-order valence-corrected chi connectivity index (χ2v) is 5.18. The largest absolute Gasteiger partial charge is 0.497 e. The van der Waals surface area contributed by atoms with E-state index in [9.17, 15) is 0 Å². The molecule has 1 aliphatic carbocycles. The molecule has 1 aliphatic rings. The van der Waals surface area contributed by atoms with Gasteiger partial charge in [0.1, 0.15) is 5.75 Å². The first-order valence-electron chi connectivity index (χ1n) is 6.66. The molecular formula is C15H23NO. The van der Waals surface area contributed by atoms with E-state index in [0.717, 1.165) is 11.7 Å². The van der Waals surface area contributed by atoms with Gasteiger partial charge in [0.15, 0.2) is 0 Å². The zero-order valence-corrected chi connectivity index (χ0v) is 10.7. The summed E-state index contributed by atoms with van der Waals surface area (Å²) in [4.78, 5) is 0. The Labute approximate surface area is 104 Å². The highest BCUT2D eigenvalue weighted by atomic mass is 16.5. The first-order valence-corrected chi connectivity index (χ1v) is 6.66. The molecular weight excluding hydrogens is 210 g/mol. The van der Waals surface area contributed by atoms with Crippen molar-refractivity contribution in [3.05, 3.63) is 29.8 Å². The van der Waals surface area contributed by atoms with Crippen LogP contribution in [-0.4, -0.2) is 13.2 Å². The molecule has 0 amide bonds. The van der Waals surface area contributed by atoms with E-state index < -0.39 is 0 Å². The van der Waals surface area contributed by atoms with E-state index >= 15 is 0 Å². The normalized spacial score (nSPS) is 24.6. The van der Waals surface area contributed by atoms with Gasteiger partial charge in [-0.3, -0.25) is 0 Å². The Bertz CT molecular complexity index is 333. The van der Waals surface area contributed by atoms with Crippen molar-refractivity contribution >= 4 is 0 Å². The van der Waals surface area contributed by atoms with Crippen LogP contribution in [0.4, 0.5) is 0 Å². The van der Waals surface area contributed by atoms with Gasteiger partial charge in [0, 0.05) is 6.04 Å². The van der Waals surface area contributed by atoms with Gasteiger partial charge in [-0.2, -0.15) is 0 Å². The summed E-state index contributed by atoms with van der Waals surface area (Å²) in [5.41, 5.74) is 7.42. The molecule has 1 aromatic carbocycles. The molecule has 1 fully saturated rings. The van der Waals surface area contributed by atoms with Crippen LogP contribution in [-0.2, 0) is 6.42 Å². The van der Waals surface area contributed by atoms with Crippen molar-refractivity contribution in [2.24, 2.45) is 11.7 Å². The Balaban J connectivity index is 1.80. The number of hydrogen-bond acceptors (Lipinski definition) is 2. The second kappa shape index (κ2) is 6.06. The molecule has 0 bridgehead atoms. The zero-order chi connectivity index (χ0) is 12.1. The summed E-state index contributed by atoms with van der Waals surface area (Å²) in [5.74, 6) is 1.77. The Kier molecular flexibility index (Phi) is 4.43. The number of aryl methyl sites for hydroxylation is 1. The topological polar surface area (TPSA) is 35.2 Å². The third-order valence-corrected chi connectivity index (χ3v) is 3.82. The fraction of sp³-hybridized carbons (Fsp3) is 0.600. The summed E-state index contributed by atoms with van der Waals surface area (Å²) in [6, 6.07) is 8.87. The number of rotatable bonds is 4. The number of nitrogens with two attached hydrogens (primary N) is 1. The first-order chi connectivity index (χ1) is 8.28. The summed E-state index contributed by atoms with van der Waals surface area (Å²) in [6.07, 6.45) is 7.56. The average Bonchev–Trinajstić information content (AvgIpc) is 2.37. The van der Waals surface area contributed by atoms with E-state index in [1.807, 2.05) is 12.1 Å². The summed E-state index contributed by atoms with van der Waals surface area (Å²) in [5, 5.41) is 0. The molecule has 2 rings (SSSR count). The molecule has 17 heavy (non-hydrogen) atoms. The van der Waals surface area contributed by atoms with Crippen LogP contribution in [0.1, 0.15) is 37.7 Å². The van der Waals surface area contributed by atoms with Crippen molar-refractivity contribution in [1.29, 1.82) is 0 Å². The van der Waals surface area contributed by atoms with Crippen LogP contribution >= 0.6 is 0 Å². The minimum atomic E-state index is 0.449. The first kappa shape index (κ1) is 12.4. The predicted molar refractivity (Wildman–Crippen MR) is 71.2 cm³/mol. The van der Waals surface area contributed by atoms with Gasteiger partial charge in [-0.05, 0) is 49.3 Å². The average molecular weight is 233 g/mol. The molecule has 2 nitrogen and oxygen atoms in total. The van der Waals surface area contributed by atoms with Gasteiger partial charge in [0.2, 0.25) is 0 Å². The van der Waals surface area contributed by atoms with Gasteiger partial charge in [-0.15, -0.1) is 0 Å². The van der Waals surface area contributed by atoms with Gasteiger partial charge in [0.05, 0.1) is 7.11 Å². The monoisotopic (exact) mass is 233 g/mol. The molecule has 1 aromatic rings. The van der Waals surface area contributed by atoms with E-state index in [1.54, 1.807) is 7.11 Å². The van der Waals surface area contributed by atoms with Gasteiger partial charge < -0.3 is 10.5 Å². The van der Waals surface area contributed by atoms with E-state index in [1.165, 1.54) is 44.1 Å². The maximum Gasteiger partial charge on any atom is 0.118 e. The molecule has 94 valence electrons.